The zero-order valence-corrected chi connectivity index (χ0v) is 11.7. The fraction of sp³-hybridized carbons (Fsp3) is 0.727. The molecule has 0 aromatic carbocycles. The molecule has 1 heterocycles. The number of hydrogen-bond donors (Lipinski definition) is 1. The molecule has 0 spiro atoms. The Morgan fingerprint density at radius 2 is 2.22 bits per heavy atom. The van der Waals surface area contributed by atoms with Crippen molar-refractivity contribution in [2.45, 2.75) is 31.2 Å². The molecule has 0 unspecified atom stereocenters. The van der Waals surface area contributed by atoms with Crippen LogP contribution in [0, 0.1) is 5.92 Å². The Hall–Kier alpha value is -1.08. The predicted molar refractivity (Wildman–Crippen MR) is 69.4 cm³/mol. The summed E-state index contributed by atoms with van der Waals surface area (Å²) in [5.41, 5.74) is 5.67. The molecular formula is C11H20N4O2S. The second-order valence-corrected chi connectivity index (χ2v) is 6.71. The number of anilines is 1. The van der Waals surface area contributed by atoms with Crippen molar-refractivity contribution >= 4 is 15.8 Å². The summed E-state index contributed by atoms with van der Waals surface area (Å²) in [7, 11) is -1.88. The normalized spacial score (nSPS) is 16.4. The van der Waals surface area contributed by atoms with Gasteiger partial charge in [0.2, 0.25) is 0 Å². The number of hydrogen-bond acceptors (Lipinski definition) is 4. The van der Waals surface area contributed by atoms with Gasteiger partial charge in [0.05, 0.1) is 6.33 Å². The van der Waals surface area contributed by atoms with Gasteiger partial charge >= 0.3 is 0 Å². The highest BCUT2D eigenvalue weighted by Crippen LogP contribution is 2.32. The molecule has 1 aromatic rings. The average molecular weight is 272 g/mol. The SMILES string of the molecule is CCCN(CC1CC1)S(=O)(=O)c1c(N)ncn1C. The Morgan fingerprint density at radius 1 is 1.56 bits per heavy atom. The number of nitrogen functional groups attached to an aromatic ring is 1. The largest absolute Gasteiger partial charge is 0.381 e. The summed E-state index contributed by atoms with van der Waals surface area (Å²) in [4.78, 5) is 3.85. The minimum atomic E-state index is -3.53. The van der Waals surface area contributed by atoms with Gasteiger partial charge in [0.1, 0.15) is 0 Å². The highest BCUT2D eigenvalue weighted by Gasteiger charge is 2.34. The van der Waals surface area contributed by atoms with Gasteiger partial charge in [-0.05, 0) is 25.2 Å². The highest BCUT2D eigenvalue weighted by atomic mass is 32.2. The third-order valence-corrected chi connectivity index (χ3v) is 5.12. The monoisotopic (exact) mass is 272 g/mol. The van der Waals surface area contributed by atoms with E-state index in [1.807, 2.05) is 6.92 Å². The number of sulfonamides is 1. The van der Waals surface area contributed by atoms with Crippen molar-refractivity contribution in [3.05, 3.63) is 6.33 Å². The first-order valence-electron chi connectivity index (χ1n) is 6.23. The molecule has 1 saturated carbocycles. The van der Waals surface area contributed by atoms with Crippen molar-refractivity contribution < 1.29 is 8.42 Å². The molecule has 1 fully saturated rings. The van der Waals surface area contributed by atoms with E-state index in [0.717, 1.165) is 19.3 Å². The van der Waals surface area contributed by atoms with E-state index < -0.39 is 10.0 Å². The second kappa shape index (κ2) is 4.89. The second-order valence-electron chi connectivity index (χ2n) is 4.85. The fourth-order valence-corrected chi connectivity index (χ4v) is 3.82. The van der Waals surface area contributed by atoms with E-state index in [2.05, 4.69) is 4.98 Å². The van der Waals surface area contributed by atoms with Crippen LogP contribution in [0.1, 0.15) is 26.2 Å². The summed E-state index contributed by atoms with van der Waals surface area (Å²) >= 11 is 0. The van der Waals surface area contributed by atoms with Gasteiger partial charge in [0, 0.05) is 20.1 Å². The Labute approximate surface area is 108 Å². The molecule has 0 bridgehead atoms. The Kier molecular flexibility index (Phi) is 3.63. The van der Waals surface area contributed by atoms with E-state index in [1.165, 1.54) is 15.2 Å². The molecule has 0 radical (unpaired) electrons. The van der Waals surface area contributed by atoms with Crippen molar-refractivity contribution in [2.24, 2.45) is 13.0 Å². The highest BCUT2D eigenvalue weighted by molar-refractivity contribution is 7.89. The van der Waals surface area contributed by atoms with Crippen LogP contribution in [0.2, 0.25) is 0 Å². The zero-order chi connectivity index (χ0) is 13.3. The van der Waals surface area contributed by atoms with Crippen LogP contribution in [-0.2, 0) is 17.1 Å². The van der Waals surface area contributed by atoms with Crippen LogP contribution in [0.5, 0.6) is 0 Å². The van der Waals surface area contributed by atoms with Crippen LogP contribution in [0.4, 0.5) is 5.82 Å². The molecule has 0 saturated heterocycles. The minimum absolute atomic E-state index is 0.0781. The molecule has 18 heavy (non-hydrogen) atoms. The third-order valence-electron chi connectivity index (χ3n) is 3.13. The molecule has 7 heteroatoms. The number of imidazole rings is 1. The summed E-state index contributed by atoms with van der Waals surface area (Å²) < 4.78 is 28.2. The van der Waals surface area contributed by atoms with Gasteiger partial charge in [-0.15, -0.1) is 0 Å². The summed E-state index contributed by atoms with van der Waals surface area (Å²) in [6.45, 7) is 3.10. The predicted octanol–water partition coefficient (Wildman–Crippen LogP) is 0.813. The number of aromatic nitrogens is 2. The number of nitrogens with two attached hydrogens (primary N) is 1. The lowest BCUT2D eigenvalue weighted by atomic mass is 10.4. The molecule has 6 nitrogen and oxygen atoms in total. The summed E-state index contributed by atoms with van der Waals surface area (Å²) in [5.74, 6) is 0.593. The molecule has 0 atom stereocenters. The zero-order valence-electron chi connectivity index (χ0n) is 10.8. The number of nitrogens with zero attached hydrogens (tertiary/aromatic N) is 3. The van der Waals surface area contributed by atoms with Gasteiger partial charge in [0.15, 0.2) is 10.8 Å². The average Bonchev–Trinajstić information content (AvgIpc) is 3.03. The topological polar surface area (TPSA) is 81.2 Å². The molecule has 1 aliphatic rings. The first-order chi connectivity index (χ1) is 8.46. The Balaban J connectivity index is 2.31. The summed E-state index contributed by atoms with van der Waals surface area (Å²) in [6.07, 6.45) is 4.47. The first kappa shape index (κ1) is 13.4. The first-order valence-corrected chi connectivity index (χ1v) is 7.67. The van der Waals surface area contributed by atoms with Gasteiger partial charge < -0.3 is 10.3 Å². The van der Waals surface area contributed by atoms with Crippen LogP contribution in [0.25, 0.3) is 0 Å². The van der Waals surface area contributed by atoms with Gasteiger partial charge in [-0.1, -0.05) is 6.92 Å². The smallest absolute Gasteiger partial charge is 0.262 e. The van der Waals surface area contributed by atoms with Crippen molar-refractivity contribution in [3.8, 4) is 0 Å². The lowest BCUT2D eigenvalue weighted by Gasteiger charge is -2.21. The lowest BCUT2D eigenvalue weighted by Crippen LogP contribution is -2.35. The number of aryl methyl sites for hydroxylation is 1. The lowest BCUT2D eigenvalue weighted by molar-refractivity contribution is 0.392. The van der Waals surface area contributed by atoms with Gasteiger partial charge in [-0.25, -0.2) is 13.4 Å². The molecule has 0 amide bonds. The van der Waals surface area contributed by atoms with Crippen molar-refractivity contribution in [1.82, 2.24) is 13.9 Å². The molecule has 0 aliphatic heterocycles. The Morgan fingerprint density at radius 3 is 2.67 bits per heavy atom. The summed E-state index contributed by atoms with van der Waals surface area (Å²) in [6, 6.07) is 0. The quantitative estimate of drug-likeness (QED) is 0.831. The Bertz CT molecular complexity index is 500. The maximum atomic E-state index is 12.6. The fourth-order valence-electron chi connectivity index (χ4n) is 2.02. The standard InChI is InChI=1S/C11H20N4O2S/c1-3-6-15(7-9-4-5-9)18(16,17)11-10(12)13-8-14(11)2/h8-9H,3-7,12H2,1-2H3. The molecule has 1 aliphatic carbocycles. The van der Waals surface area contributed by atoms with E-state index in [9.17, 15) is 8.42 Å². The molecular weight excluding hydrogens is 252 g/mol. The van der Waals surface area contributed by atoms with Crippen molar-refractivity contribution in [1.29, 1.82) is 0 Å². The molecule has 2 rings (SSSR count). The molecule has 1 aromatic heterocycles. The third kappa shape index (κ3) is 2.51. The van der Waals surface area contributed by atoms with Crippen LogP contribution >= 0.6 is 0 Å². The van der Waals surface area contributed by atoms with Crippen LogP contribution in [-0.4, -0.2) is 35.4 Å². The van der Waals surface area contributed by atoms with E-state index in [-0.39, 0.29) is 10.8 Å². The van der Waals surface area contributed by atoms with Crippen LogP contribution in [0.3, 0.4) is 0 Å². The molecule has 102 valence electrons. The van der Waals surface area contributed by atoms with Crippen LogP contribution in [0.15, 0.2) is 11.4 Å². The van der Waals surface area contributed by atoms with Crippen molar-refractivity contribution in [2.75, 3.05) is 18.8 Å². The maximum absolute atomic E-state index is 12.6. The van der Waals surface area contributed by atoms with Gasteiger partial charge in [0.25, 0.3) is 10.0 Å². The minimum Gasteiger partial charge on any atom is -0.381 e. The molecule has 2 N–H and O–H groups in total. The number of rotatable bonds is 6. The van der Waals surface area contributed by atoms with Gasteiger partial charge in [-0.3, -0.25) is 0 Å². The summed E-state index contributed by atoms with van der Waals surface area (Å²) in [5, 5.41) is 0.108. The van der Waals surface area contributed by atoms with E-state index in [1.54, 1.807) is 7.05 Å². The van der Waals surface area contributed by atoms with Crippen molar-refractivity contribution in [3.63, 3.8) is 0 Å². The maximum Gasteiger partial charge on any atom is 0.262 e. The van der Waals surface area contributed by atoms with Crippen LogP contribution < -0.4 is 5.73 Å². The van der Waals surface area contributed by atoms with Gasteiger partial charge in [-0.2, -0.15) is 4.31 Å². The van der Waals surface area contributed by atoms with E-state index in [4.69, 9.17) is 5.73 Å². The van der Waals surface area contributed by atoms with E-state index in [0.29, 0.717) is 19.0 Å². The van der Waals surface area contributed by atoms with E-state index >= 15 is 0 Å².